The Balaban J connectivity index is 1.79. The van der Waals surface area contributed by atoms with Crippen molar-refractivity contribution in [1.82, 2.24) is 5.32 Å². The van der Waals surface area contributed by atoms with E-state index in [1.165, 1.54) is 5.56 Å². The Hall–Kier alpha value is -1.68. The molecule has 21 heavy (non-hydrogen) atoms. The molecule has 0 aliphatic heterocycles. The number of rotatable bonds is 8. The molecule has 3 nitrogen and oxygen atoms in total. The first-order chi connectivity index (χ1) is 10.3. The van der Waals surface area contributed by atoms with Gasteiger partial charge in [0.05, 0.1) is 18.8 Å². The lowest BCUT2D eigenvalue weighted by Gasteiger charge is -2.22. The molecule has 0 saturated carbocycles. The van der Waals surface area contributed by atoms with Crippen molar-refractivity contribution in [2.24, 2.45) is 0 Å². The lowest BCUT2D eigenvalue weighted by Crippen LogP contribution is -2.44. The third-order valence-electron chi connectivity index (χ3n) is 3.61. The van der Waals surface area contributed by atoms with Gasteiger partial charge in [0.25, 0.3) is 0 Å². The van der Waals surface area contributed by atoms with Crippen LogP contribution in [-0.2, 0) is 12.8 Å². The molecule has 2 unspecified atom stereocenters. The Bertz CT molecular complexity index is 501. The predicted octanol–water partition coefficient (Wildman–Crippen LogP) is 1.78. The maximum absolute atomic E-state index is 10.2. The third-order valence-corrected chi connectivity index (χ3v) is 3.61. The molecule has 0 amide bonds. The van der Waals surface area contributed by atoms with Crippen LogP contribution in [0.2, 0.25) is 0 Å². The fraction of sp³-hybridized carbons (Fsp3) is 0.333. The topological polar surface area (TPSA) is 52.5 Å². The van der Waals surface area contributed by atoms with E-state index in [4.69, 9.17) is 0 Å². The van der Waals surface area contributed by atoms with Crippen molar-refractivity contribution < 1.29 is 10.2 Å². The molecule has 0 saturated heterocycles. The molecular formula is C18H23NO2. The Morgan fingerprint density at radius 2 is 1.43 bits per heavy atom. The molecule has 0 aliphatic carbocycles. The van der Waals surface area contributed by atoms with Crippen LogP contribution in [0.15, 0.2) is 60.7 Å². The Morgan fingerprint density at radius 1 is 0.857 bits per heavy atom. The van der Waals surface area contributed by atoms with Gasteiger partial charge in [-0.15, -0.1) is 0 Å². The minimum absolute atomic E-state index is 0.0667. The summed E-state index contributed by atoms with van der Waals surface area (Å²) >= 11 is 0. The summed E-state index contributed by atoms with van der Waals surface area (Å²) in [5, 5.41) is 22.9. The Kier molecular flexibility index (Phi) is 6.41. The first-order valence-corrected chi connectivity index (χ1v) is 7.39. The molecule has 2 aromatic rings. The van der Waals surface area contributed by atoms with Gasteiger partial charge in [-0.3, -0.25) is 0 Å². The van der Waals surface area contributed by atoms with Gasteiger partial charge in [0.15, 0.2) is 0 Å². The van der Waals surface area contributed by atoms with Gasteiger partial charge in [-0.1, -0.05) is 60.7 Å². The van der Waals surface area contributed by atoms with Gasteiger partial charge < -0.3 is 15.5 Å². The summed E-state index contributed by atoms with van der Waals surface area (Å²) in [6.07, 6.45) is 0.841. The van der Waals surface area contributed by atoms with Crippen molar-refractivity contribution in [3.8, 4) is 0 Å². The molecule has 0 bridgehead atoms. The fourth-order valence-electron chi connectivity index (χ4n) is 2.37. The minimum Gasteiger partial charge on any atom is -0.395 e. The maximum atomic E-state index is 10.2. The van der Waals surface area contributed by atoms with Crippen molar-refractivity contribution in [2.45, 2.75) is 25.0 Å². The van der Waals surface area contributed by atoms with Crippen LogP contribution >= 0.6 is 0 Å². The monoisotopic (exact) mass is 285 g/mol. The number of hydrogen-bond acceptors (Lipinski definition) is 3. The van der Waals surface area contributed by atoms with Crippen LogP contribution in [0.1, 0.15) is 11.1 Å². The van der Waals surface area contributed by atoms with Crippen LogP contribution < -0.4 is 5.32 Å². The lowest BCUT2D eigenvalue weighted by atomic mass is 10.0. The number of nitrogens with one attached hydrogen (secondary N) is 1. The predicted molar refractivity (Wildman–Crippen MR) is 85.2 cm³/mol. The van der Waals surface area contributed by atoms with E-state index in [0.29, 0.717) is 6.42 Å². The maximum Gasteiger partial charge on any atom is 0.0755 e. The molecule has 0 fully saturated rings. The van der Waals surface area contributed by atoms with Crippen LogP contribution in [0.4, 0.5) is 0 Å². The van der Waals surface area contributed by atoms with Gasteiger partial charge in [0, 0.05) is 0 Å². The van der Waals surface area contributed by atoms with E-state index >= 15 is 0 Å². The first kappa shape index (κ1) is 15.7. The molecular weight excluding hydrogens is 262 g/mol. The lowest BCUT2D eigenvalue weighted by molar-refractivity contribution is 0.0905. The number of aliphatic hydroxyl groups excluding tert-OH is 2. The van der Waals surface area contributed by atoms with Gasteiger partial charge in [-0.2, -0.15) is 0 Å². The number of aliphatic hydroxyl groups is 2. The van der Waals surface area contributed by atoms with Gasteiger partial charge in [0.2, 0.25) is 0 Å². The van der Waals surface area contributed by atoms with E-state index in [2.05, 4.69) is 17.4 Å². The summed E-state index contributed by atoms with van der Waals surface area (Å²) in [6, 6.07) is 19.7. The van der Waals surface area contributed by atoms with E-state index in [1.807, 2.05) is 48.5 Å². The van der Waals surface area contributed by atoms with Crippen molar-refractivity contribution >= 4 is 0 Å². The van der Waals surface area contributed by atoms with Crippen LogP contribution in [0.5, 0.6) is 0 Å². The molecule has 3 N–H and O–H groups in total. The SMILES string of the molecule is OCC(NCCc1ccccc1)C(O)Cc1ccccc1. The average Bonchev–Trinajstić information content (AvgIpc) is 2.53. The van der Waals surface area contributed by atoms with Gasteiger partial charge in [-0.05, 0) is 30.5 Å². The average molecular weight is 285 g/mol. The van der Waals surface area contributed by atoms with Crippen LogP contribution in [0.25, 0.3) is 0 Å². The largest absolute Gasteiger partial charge is 0.395 e. The molecule has 2 atom stereocenters. The standard InChI is InChI=1S/C18H23NO2/c20-14-17(18(21)13-16-9-5-2-6-10-16)19-12-11-15-7-3-1-4-8-15/h1-10,17-21H,11-14H2. The van der Waals surface area contributed by atoms with Gasteiger partial charge in [0.1, 0.15) is 0 Å². The summed E-state index contributed by atoms with van der Waals surface area (Å²) in [7, 11) is 0. The van der Waals surface area contributed by atoms with E-state index in [0.717, 1.165) is 18.5 Å². The molecule has 0 aromatic heterocycles. The highest BCUT2D eigenvalue weighted by Crippen LogP contribution is 2.06. The van der Waals surface area contributed by atoms with Crippen molar-refractivity contribution in [3.63, 3.8) is 0 Å². The molecule has 112 valence electrons. The van der Waals surface area contributed by atoms with Crippen molar-refractivity contribution in [2.75, 3.05) is 13.2 Å². The third kappa shape index (κ3) is 5.31. The quantitative estimate of drug-likeness (QED) is 0.693. The second-order valence-corrected chi connectivity index (χ2v) is 5.24. The van der Waals surface area contributed by atoms with Crippen LogP contribution in [-0.4, -0.2) is 35.5 Å². The second-order valence-electron chi connectivity index (χ2n) is 5.24. The highest BCUT2D eigenvalue weighted by molar-refractivity contribution is 5.16. The molecule has 2 aromatic carbocycles. The summed E-state index contributed by atoms with van der Waals surface area (Å²) in [6.45, 7) is 0.671. The second kappa shape index (κ2) is 8.57. The highest BCUT2D eigenvalue weighted by atomic mass is 16.3. The van der Waals surface area contributed by atoms with Crippen molar-refractivity contribution in [3.05, 3.63) is 71.8 Å². The van der Waals surface area contributed by atoms with Gasteiger partial charge in [-0.25, -0.2) is 0 Å². The summed E-state index contributed by atoms with van der Waals surface area (Å²) in [4.78, 5) is 0. The fourth-order valence-corrected chi connectivity index (χ4v) is 2.37. The zero-order valence-electron chi connectivity index (χ0n) is 12.2. The Morgan fingerprint density at radius 3 is 2.00 bits per heavy atom. The van der Waals surface area contributed by atoms with Crippen molar-refractivity contribution in [1.29, 1.82) is 0 Å². The summed E-state index contributed by atoms with van der Waals surface area (Å²) < 4.78 is 0. The highest BCUT2D eigenvalue weighted by Gasteiger charge is 2.17. The van der Waals surface area contributed by atoms with Crippen LogP contribution in [0.3, 0.4) is 0 Å². The minimum atomic E-state index is -0.590. The van der Waals surface area contributed by atoms with E-state index in [1.54, 1.807) is 0 Å². The summed E-state index contributed by atoms with van der Waals surface area (Å²) in [5.41, 5.74) is 2.33. The molecule has 0 aliphatic rings. The van der Waals surface area contributed by atoms with Gasteiger partial charge >= 0.3 is 0 Å². The van der Waals surface area contributed by atoms with Crippen LogP contribution in [0, 0.1) is 0 Å². The summed E-state index contributed by atoms with van der Waals surface area (Å²) in [5.74, 6) is 0. The molecule has 0 heterocycles. The number of benzene rings is 2. The normalized spacial score (nSPS) is 13.8. The zero-order valence-corrected chi connectivity index (χ0v) is 12.2. The number of hydrogen-bond donors (Lipinski definition) is 3. The van der Waals surface area contributed by atoms with E-state index < -0.39 is 6.10 Å². The molecule has 3 heteroatoms. The Labute approximate surface area is 126 Å². The molecule has 0 radical (unpaired) electrons. The molecule has 0 spiro atoms. The smallest absolute Gasteiger partial charge is 0.0755 e. The van der Waals surface area contributed by atoms with E-state index in [-0.39, 0.29) is 12.6 Å². The van der Waals surface area contributed by atoms with E-state index in [9.17, 15) is 10.2 Å². The molecule has 2 rings (SSSR count). The first-order valence-electron chi connectivity index (χ1n) is 7.39. The zero-order chi connectivity index (χ0) is 14.9.